The minimum atomic E-state index is -0.395. The van der Waals surface area contributed by atoms with Gasteiger partial charge in [0.1, 0.15) is 0 Å². The van der Waals surface area contributed by atoms with Crippen LogP contribution in [0.4, 0.5) is 0 Å². The summed E-state index contributed by atoms with van der Waals surface area (Å²) >= 11 is 6.89. The van der Waals surface area contributed by atoms with Crippen LogP contribution >= 0.6 is 24.2 Å². The standard InChI is InChI=1S/C27H42N4O3S2/c1-15(4-7-23(34)31-24(35)9-11-36-31)18-5-6-19-25-20(14-22(33)27(18,19)3)26(2)10-8-17(29-30-28)12-16(26)13-21(25)32/h15-22,25,32-33H,4-14H2,1-3H3/t15?,16?,17-,18-,19?,20?,21?,22+,25?,26+,27-/m1/s1. The molecule has 11 atom stereocenters. The van der Waals surface area contributed by atoms with Crippen molar-refractivity contribution in [2.24, 2.45) is 51.5 Å². The molecule has 5 fully saturated rings. The molecule has 9 heteroatoms. The van der Waals surface area contributed by atoms with Gasteiger partial charge in [-0.1, -0.05) is 38.1 Å². The second-order valence-corrected chi connectivity index (χ2v) is 14.4. The summed E-state index contributed by atoms with van der Waals surface area (Å²) in [4.78, 5) is 16.6. The molecule has 1 aliphatic heterocycles. The molecule has 4 saturated carbocycles. The highest BCUT2D eigenvalue weighted by atomic mass is 32.2. The van der Waals surface area contributed by atoms with Crippen molar-refractivity contribution in [3.63, 3.8) is 0 Å². The number of azide groups is 1. The van der Waals surface area contributed by atoms with Gasteiger partial charge in [0.25, 0.3) is 0 Å². The molecule has 5 rings (SSSR count). The minimum Gasteiger partial charge on any atom is -0.393 e. The number of carbonyl (C=O) groups is 1. The van der Waals surface area contributed by atoms with E-state index >= 15 is 0 Å². The molecule has 2 N–H and O–H groups in total. The minimum absolute atomic E-state index is 0.0309. The summed E-state index contributed by atoms with van der Waals surface area (Å²) < 4.78 is 1.72. The van der Waals surface area contributed by atoms with Crippen molar-refractivity contribution in [3.8, 4) is 0 Å². The Labute approximate surface area is 224 Å². The van der Waals surface area contributed by atoms with Crippen molar-refractivity contribution in [1.82, 2.24) is 4.31 Å². The third-order valence-corrected chi connectivity index (χ3v) is 13.1. The van der Waals surface area contributed by atoms with Crippen molar-refractivity contribution in [3.05, 3.63) is 10.4 Å². The van der Waals surface area contributed by atoms with Crippen LogP contribution in [0.15, 0.2) is 5.11 Å². The van der Waals surface area contributed by atoms with E-state index in [1.54, 1.807) is 4.31 Å². The van der Waals surface area contributed by atoms with Crippen molar-refractivity contribution in [1.29, 1.82) is 0 Å². The molecule has 1 heterocycles. The van der Waals surface area contributed by atoms with E-state index in [4.69, 9.17) is 17.7 Å². The maximum atomic E-state index is 12.8. The van der Waals surface area contributed by atoms with Crippen LogP contribution in [0, 0.1) is 46.3 Å². The molecule has 0 aromatic rings. The van der Waals surface area contributed by atoms with Crippen molar-refractivity contribution >= 4 is 35.1 Å². The number of aliphatic hydroxyl groups is 2. The fraction of sp³-hybridized carbons (Fsp3) is 0.926. The summed E-state index contributed by atoms with van der Waals surface area (Å²) in [6.45, 7) is 6.91. The number of nitrogens with zero attached hydrogens (tertiary/aromatic N) is 4. The van der Waals surface area contributed by atoms with E-state index in [2.05, 4.69) is 30.8 Å². The van der Waals surface area contributed by atoms with E-state index in [1.165, 1.54) is 11.9 Å². The molecule has 5 aliphatic rings. The van der Waals surface area contributed by atoms with Gasteiger partial charge in [-0.25, -0.2) is 4.31 Å². The molecule has 0 spiro atoms. The summed E-state index contributed by atoms with van der Waals surface area (Å²) in [5, 5.41) is 27.3. The van der Waals surface area contributed by atoms with Crippen LogP contribution in [-0.4, -0.2) is 49.4 Å². The van der Waals surface area contributed by atoms with E-state index in [9.17, 15) is 15.0 Å². The maximum absolute atomic E-state index is 12.8. The van der Waals surface area contributed by atoms with Gasteiger partial charge < -0.3 is 10.2 Å². The van der Waals surface area contributed by atoms with Crippen molar-refractivity contribution < 1.29 is 15.0 Å². The molecule has 1 saturated heterocycles. The topological polar surface area (TPSA) is 110 Å². The monoisotopic (exact) mass is 534 g/mol. The van der Waals surface area contributed by atoms with Gasteiger partial charge >= 0.3 is 0 Å². The van der Waals surface area contributed by atoms with Crippen molar-refractivity contribution in [2.75, 3.05) is 5.75 Å². The molecule has 0 aromatic carbocycles. The largest absolute Gasteiger partial charge is 0.393 e. The number of thiocarbonyl (C=S) groups is 1. The first-order chi connectivity index (χ1) is 17.1. The predicted octanol–water partition coefficient (Wildman–Crippen LogP) is 5.89. The molecular formula is C27H42N4O3S2. The first-order valence-electron chi connectivity index (χ1n) is 14.0. The zero-order valence-electron chi connectivity index (χ0n) is 21.9. The molecule has 0 radical (unpaired) electrons. The maximum Gasteiger partial charge on any atom is 0.237 e. The number of rotatable bonds is 5. The average molecular weight is 535 g/mol. The van der Waals surface area contributed by atoms with Gasteiger partial charge in [0.15, 0.2) is 0 Å². The van der Waals surface area contributed by atoms with Gasteiger partial charge in [-0.3, -0.25) is 4.79 Å². The number of aliphatic hydroxyl groups excluding tert-OH is 2. The fourth-order valence-corrected chi connectivity index (χ4v) is 11.0. The van der Waals surface area contributed by atoms with Crippen LogP contribution in [0.2, 0.25) is 0 Å². The molecule has 4 aliphatic carbocycles. The van der Waals surface area contributed by atoms with Crippen LogP contribution in [0.25, 0.3) is 10.4 Å². The smallest absolute Gasteiger partial charge is 0.237 e. The SMILES string of the molecule is CC(CCC(=O)N1SCCC1=S)[C@H]1CCC2C3C(O)CC4C[C@H](N=[N+]=[N-])CC[C@]4(C)C3C[C@H](O)[C@@]21C. The Bertz CT molecular complexity index is 944. The fourth-order valence-electron chi connectivity index (χ4n) is 9.57. The number of fused-ring (bicyclic) bond motifs is 5. The normalized spacial score (nSPS) is 46.9. The number of hydrogen-bond acceptors (Lipinski definition) is 6. The first kappa shape index (κ1) is 26.7. The quantitative estimate of drug-likeness (QED) is 0.150. The lowest BCUT2D eigenvalue weighted by Crippen LogP contribution is -2.62. The molecule has 0 aromatic heterocycles. The van der Waals surface area contributed by atoms with E-state index < -0.39 is 6.10 Å². The Kier molecular flexibility index (Phi) is 7.45. The predicted molar refractivity (Wildman–Crippen MR) is 146 cm³/mol. The van der Waals surface area contributed by atoms with Gasteiger partial charge in [0.2, 0.25) is 5.91 Å². The lowest BCUT2D eigenvalue weighted by Gasteiger charge is -2.63. The number of amides is 1. The summed E-state index contributed by atoms with van der Waals surface area (Å²) in [6.07, 6.45) is 7.75. The number of carbonyl (C=O) groups excluding carboxylic acids is 1. The second kappa shape index (κ2) is 10.0. The van der Waals surface area contributed by atoms with Crippen LogP contribution in [0.1, 0.15) is 85.0 Å². The second-order valence-electron chi connectivity index (χ2n) is 12.9. The van der Waals surface area contributed by atoms with E-state index in [0.717, 1.165) is 68.5 Å². The van der Waals surface area contributed by atoms with E-state index in [1.807, 2.05) is 0 Å². The molecular weight excluding hydrogens is 492 g/mol. The Balaban J connectivity index is 1.31. The third kappa shape index (κ3) is 4.21. The van der Waals surface area contributed by atoms with E-state index in [0.29, 0.717) is 36.0 Å². The van der Waals surface area contributed by atoms with Crippen LogP contribution in [-0.2, 0) is 4.79 Å². The van der Waals surface area contributed by atoms with Crippen LogP contribution < -0.4 is 0 Å². The van der Waals surface area contributed by atoms with Gasteiger partial charge in [-0.15, -0.1) is 0 Å². The Morgan fingerprint density at radius 3 is 2.72 bits per heavy atom. The average Bonchev–Trinajstić information content (AvgIpc) is 3.43. The van der Waals surface area contributed by atoms with Gasteiger partial charge in [-0.2, -0.15) is 0 Å². The summed E-state index contributed by atoms with van der Waals surface area (Å²) in [6, 6.07) is 0.0309. The first-order valence-corrected chi connectivity index (χ1v) is 15.3. The molecule has 200 valence electrons. The summed E-state index contributed by atoms with van der Waals surface area (Å²) in [5.74, 6) is 2.86. The van der Waals surface area contributed by atoms with Crippen molar-refractivity contribution in [2.45, 2.75) is 103 Å². The molecule has 36 heavy (non-hydrogen) atoms. The van der Waals surface area contributed by atoms with Gasteiger partial charge in [0, 0.05) is 29.5 Å². The number of hydrogen-bond donors (Lipinski definition) is 2. The summed E-state index contributed by atoms with van der Waals surface area (Å²) in [5.41, 5.74) is 8.79. The zero-order valence-corrected chi connectivity index (χ0v) is 23.5. The third-order valence-electron chi connectivity index (χ3n) is 11.5. The highest BCUT2D eigenvalue weighted by Gasteiger charge is 2.65. The highest BCUT2D eigenvalue weighted by Crippen LogP contribution is 2.68. The Morgan fingerprint density at radius 2 is 2.03 bits per heavy atom. The van der Waals surface area contributed by atoms with E-state index in [-0.39, 0.29) is 34.8 Å². The van der Waals surface area contributed by atoms with Crippen LogP contribution in [0.5, 0.6) is 0 Å². The highest BCUT2D eigenvalue weighted by molar-refractivity contribution is 7.99. The molecule has 7 nitrogen and oxygen atoms in total. The molecule has 0 bridgehead atoms. The lowest BCUT2D eigenvalue weighted by molar-refractivity contribution is -0.202. The molecule has 6 unspecified atom stereocenters. The van der Waals surface area contributed by atoms with Gasteiger partial charge in [-0.05, 0) is 115 Å². The lowest BCUT2D eigenvalue weighted by atomic mass is 9.43. The Hall–Kier alpha value is -0.860. The Morgan fingerprint density at radius 1 is 1.25 bits per heavy atom. The summed E-state index contributed by atoms with van der Waals surface area (Å²) in [7, 11) is 0. The van der Waals surface area contributed by atoms with Gasteiger partial charge in [0.05, 0.1) is 17.2 Å². The van der Waals surface area contributed by atoms with Crippen LogP contribution in [0.3, 0.4) is 0 Å². The molecule has 1 amide bonds. The zero-order chi connectivity index (χ0) is 25.8.